The number of fused-ring (bicyclic) bond motifs is 1. The molecule has 0 aliphatic rings. The van der Waals surface area contributed by atoms with Crippen molar-refractivity contribution in [2.45, 2.75) is 32.4 Å². The summed E-state index contributed by atoms with van der Waals surface area (Å²) in [5.41, 5.74) is 3.04. The van der Waals surface area contributed by atoms with Gasteiger partial charge in [0.05, 0.1) is 48.2 Å². The highest BCUT2D eigenvalue weighted by Gasteiger charge is 2.15. The third kappa shape index (κ3) is 4.20. The van der Waals surface area contributed by atoms with Crippen LogP contribution in [0.4, 0.5) is 5.69 Å². The number of nitriles is 1. The minimum atomic E-state index is -0.888. The molecule has 4 heterocycles. The standard InChI is InChI=1S/C20H21N9O2/c1-12(2)25-17-5-19(29-20-14(8-24-29)3-13(6-21)7-23-20)22-9-18(17)28-10-15(26-27-28)4-16(31)11-30/h3,5,7-10,12,16,30-31H,4,11H2,1-2H3,(H,22,25). The quantitative estimate of drug-likeness (QED) is 0.398. The van der Waals surface area contributed by atoms with Crippen LogP contribution in [-0.2, 0) is 6.42 Å². The highest BCUT2D eigenvalue weighted by Crippen LogP contribution is 2.24. The zero-order chi connectivity index (χ0) is 22.0. The van der Waals surface area contributed by atoms with Crippen LogP contribution >= 0.6 is 0 Å². The molecule has 1 atom stereocenters. The summed E-state index contributed by atoms with van der Waals surface area (Å²) in [5.74, 6) is 0.551. The van der Waals surface area contributed by atoms with Crippen LogP contribution in [0.2, 0.25) is 0 Å². The zero-order valence-electron chi connectivity index (χ0n) is 17.0. The van der Waals surface area contributed by atoms with Crippen molar-refractivity contribution in [1.29, 1.82) is 5.26 Å². The molecule has 4 aromatic heterocycles. The molecule has 0 aliphatic carbocycles. The Morgan fingerprint density at radius 1 is 1.19 bits per heavy atom. The molecule has 0 fully saturated rings. The average molecular weight is 419 g/mol. The SMILES string of the molecule is CC(C)Nc1cc(-n2ncc3cc(C#N)cnc32)ncc1-n1cc(CC(O)CO)nn1. The zero-order valence-corrected chi connectivity index (χ0v) is 17.0. The van der Waals surface area contributed by atoms with E-state index in [9.17, 15) is 5.11 Å². The molecule has 31 heavy (non-hydrogen) atoms. The molecule has 4 rings (SSSR count). The van der Waals surface area contributed by atoms with Gasteiger partial charge in [0.25, 0.3) is 0 Å². The largest absolute Gasteiger partial charge is 0.394 e. The van der Waals surface area contributed by atoms with E-state index >= 15 is 0 Å². The predicted molar refractivity (Wildman–Crippen MR) is 112 cm³/mol. The summed E-state index contributed by atoms with van der Waals surface area (Å²) < 4.78 is 3.18. The molecular formula is C20H21N9O2. The van der Waals surface area contributed by atoms with Gasteiger partial charge in [-0.15, -0.1) is 5.10 Å². The molecule has 0 aliphatic heterocycles. The number of nitrogens with one attached hydrogen (secondary N) is 1. The van der Waals surface area contributed by atoms with Gasteiger partial charge in [-0.05, 0) is 19.9 Å². The number of nitrogens with zero attached hydrogens (tertiary/aromatic N) is 8. The van der Waals surface area contributed by atoms with Crippen LogP contribution in [0, 0.1) is 11.3 Å². The van der Waals surface area contributed by atoms with Gasteiger partial charge in [-0.25, -0.2) is 14.6 Å². The average Bonchev–Trinajstić information content (AvgIpc) is 3.39. The fourth-order valence-corrected chi connectivity index (χ4v) is 3.13. The molecule has 11 heteroatoms. The van der Waals surface area contributed by atoms with E-state index in [1.165, 1.54) is 6.20 Å². The topological polar surface area (TPSA) is 151 Å². The Hall–Kier alpha value is -3.88. The van der Waals surface area contributed by atoms with Gasteiger partial charge in [-0.1, -0.05) is 5.21 Å². The lowest BCUT2D eigenvalue weighted by molar-refractivity contribution is 0.0947. The first-order valence-corrected chi connectivity index (χ1v) is 9.70. The molecule has 0 aromatic carbocycles. The van der Waals surface area contributed by atoms with Gasteiger partial charge in [0.15, 0.2) is 11.5 Å². The van der Waals surface area contributed by atoms with Crippen molar-refractivity contribution < 1.29 is 10.2 Å². The lowest BCUT2D eigenvalue weighted by Crippen LogP contribution is -2.15. The molecule has 0 radical (unpaired) electrons. The predicted octanol–water partition coefficient (Wildman–Crippen LogP) is 0.984. The number of aliphatic hydroxyl groups excluding tert-OH is 2. The molecule has 0 amide bonds. The van der Waals surface area contributed by atoms with Crippen LogP contribution in [0.3, 0.4) is 0 Å². The van der Waals surface area contributed by atoms with Gasteiger partial charge in [0.2, 0.25) is 0 Å². The number of rotatable bonds is 7. The second kappa shape index (κ2) is 8.47. The Balaban J connectivity index is 1.74. The van der Waals surface area contributed by atoms with Crippen molar-refractivity contribution in [1.82, 2.24) is 34.7 Å². The van der Waals surface area contributed by atoms with Crippen molar-refractivity contribution >= 4 is 16.7 Å². The number of hydrogen-bond donors (Lipinski definition) is 3. The van der Waals surface area contributed by atoms with Crippen LogP contribution in [0.15, 0.2) is 36.9 Å². The van der Waals surface area contributed by atoms with Crippen molar-refractivity contribution in [3.05, 3.63) is 48.2 Å². The van der Waals surface area contributed by atoms with Gasteiger partial charge in [0.1, 0.15) is 11.8 Å². The maximum atomic E-state index is 9.64. The molecule has 0 spiro atoms. The van der Waals surface area contributed by atoms with Crippen molar-refractivity contribution in [3.8, 4) is 17.6 Å². The molecule has 0 saturated heterocycles. The number of aromatic nitrogens is 7. The number of aliphatic hydroxyl groups is 2. The molecule has 1 unspecified atom stereocenters. The third-order valence-corrected chi connectivity index (χ3v) is 4.51. The fraction of sp³-hybridized carbons (Fsp3) is 0.300. The Morgan fingerprint density at radius 2 is 2.03 bits per heavy atom. The summed E-state index contributed by atoms with van der Waals surface area (Å²) in [6.07, 6.45) is 5.80. The Labute approximate surface area is 177 Å². The first-order valence-electron chi connectivity index (χ1n) is 9.70. The van der Waals surface area contributed by atoms with E-state index in [1.54, 1.807) is 34.0 Å². The van der Waals surface area contributed by atoms with Crippen LogP contribution in [0.1, 0.15) is 25.1 Å². The van der Waals surface area contributed by atoms with E-state index < -0.39 is 6.10 Å². The fourth-order valence-electron chi connectivity index (χ4n) is 3.13. The summed E-state index contributed by atoms with van der Waals surface area (Å²) in [5, 5.41) is 44.4. The number of anilines is 1. The van der Waals surface area contributed by atoms with Crippen molar-refractivity contribution in [2.75, 3.05) is 11.9 Å². The minimum Gasteiger partial charge on any atom is -0.394 e. The summed E-state index contributed by atoms with van der Waals surface area (Å²) in [6, 6.07) is 5.78. The summed E-state index contributed by atoms with van der Waals surface area (Å²) in [7, 11) is 0. The molecule has 3 N–H and O–H groups in total. The highest BCUT2D eigenvalue weighted by molar-refractivity contribution is 5.77. The lowest BCUT2D eigenvalue weighted by atomic mass is 10.2. The summed E-state index contributed by atoms with van der Waals surface area (Å²) in [4.78, 5) is 8.87. The van der Waals surface area contributed by atoms with Gasteiger partial charge >= 0.3 is 0 Å². The monoisotopic (exact) mass is 419 g/mol. The van der Waals surface area contributed by atoms with E-state index in [4.69, 9.17) is 10.4 Å². The van der Waals surface area contributed by atoms with Crippen LogP contribution in [0.5, 0.6) is 0 Å². The lowest BCUT2D eigenvalue weighted by Gasteiger charge is -2.15. The summed E-state index contributed by atoms with van der Waals surface area (Å²) >= 11 is 0. The normalized spacial score (nSPS) is 12.3. The van der Waals surface area contributed by atoms with E-state index in [1.807, 2.05) is 19.9 Å². The van der Waals surface area contributed by atoms with Crippen LogP contribution in [0.25, 0.3) is 22.5 Å². The van der Waals surface area contributed by atoms with E-state index in [2.05, 4.69) is 36.8 Å². The second-order valence-electron chi connectivity index (χ2n) is 7.36. The third-order valence-electron chi connectivity index (χ3n) is 4.51. The Morgan fingerprint density at radius 3 is 2.77 bits per heavy atom. The van der Waals surface area contributed by atoms with Gasteiger partial charge in [-0.2, -0.15) is 15.0 Å². The van der Waals surface area contributed by atoms with E-state index in [-0.39, 0.29) is 19.1 Å². The molecule has 158 valence electrons. The van der Waals surface area contributed by atoms with Gasteiger partial charge in [0, 0.05) is 30.1 Å². The van der Waals surface area contributed by atoms with Crippen LogP contribution in [-0.4, -0.2) is 63.7 Å². The summed E-state index contributed by atoms with van der Waals surface area (Å²) in [6.45, 7) is 3.69. The van der Waals surface area contributed by atoms with E-state index in [0.717, 1.165) is 11.1 Å². The van der Waals surface area contributed by atoms with Gasteiger partial charge in [-0.3, -0.25) is 0 Å². The molecule has 0 saturated carbocycles. The Bertz CT molecular complexity index is 1260. The van der Waals surface area contributed by atoms with Crippen molar-refractivity contribution in [3.63, 3.8) is 0 Å². The highest BCUT2D eigenvalue weighted by atomic mass is 16.3. The smallest absolute Gasteiger partial charge is 0.164 e. The molecule has 0 bridgehead atoms. The number of pyridine rings is 2. The molecule has 4 aromatic rings. The molecule has 11 nitrogen and oxygen atoms in total. The number of hydrogen-bond acceptors (Lipinski definition) is 9. The minimum absolute atomic E-state index is 0.138. The first-order chi connectivity index (χ1) is 15.0. The van der Waals surface area contributed by atoms with Crippen molar-refractivity contribution in [2.24, 2.45) is 0 Å². The molecular weight excluding hydrogens is 398 g/mol. The van der Waals surface area contributed by atoms with E-state index in [0.29, 0.717) is 28.4 Å². The maximum absolute atomic E-state index is 9.64. The second-order valence-corrected chi connectivity index (χ2v) is 7.36. The van der Waals surface area contributed by atoms with Gasteiger partial charge < -0.3 is 15.5 Å². The van der Waals surface area contributed by atoms with Crippen LogP contribution < -0.4 is 5.32 Å². The maximum Gasteiger partial charge on any atom is 0.164 e. The first kappa shape index (κ1) is 20.4. The Kier molecular flexibility index (Phi) is 5.57.